The number of nitrogens with two attached hydrogens (primary N) is 2. The number of para-hydroxylation sites is 1. The minimum Gasteiger partial charge on any atom is -0.383 e. The molecule has 3 aromatic carbocycles. The predicted octanol–water partition coefficient (Wildman–Crippen LogP) is 5.14. The van der Waals surface area contributed by atoms with Crippen LogP contribution < -0.4 is 16.8 Å². The van der Waals surface area contributed by atoms with Crippen LogP contribution in [0.25, 0.3) is 33.1 Å². The molecule has 0 fully saturated rings. The van der Waals surface area contributed by atoms with Crippen LogP contribution in [-0.2, 0) is 6.54 Å². The van der Waals surface area contributed by atoms with Crippen LogP contribution in [0.5, 0.6) is 0 Å². The molecular formula is C30H25N9. The Labute approximate surface area is 224 Å². The molecule has 3 aromatic heterocycles. The molecule has 6 rings (SSSR count). The van der Waals surface area contributed by atoms with Crippen LogP contribution in [0.4, 0.5) is 17.6 Å². The van der Waals surface area contributed by atoms with Gasteiger partial charge in [0.25, 0.3) is 0 Å². The lowest BCUT2D eigenvalue weighted by molar-refractivity contribution is 1.07. The molecule has 6 N–H and O–H groups in total. The summed E-state index contributed by atoms with van der Waals surface area (Å²) in [6, 6.07) is 23.8. The molecule has 0 aliphatic rings. The molecule has 3 heterocycles. The number of pyridine rings is 1. The quantitative estimate of drug-likeness (QED) is 0.224. The van der Waals surface area contributed by atoms with Gasteiger partial charge in [-0.1, -0.05) is 48.5 Å². The van der Waals surface area contributed by atoms with E-state index >= 15 is 0 Å². The first-order valence-electron chi connectivity index (χ1n) is 12.4. The van der Waals surface area contributed by atoms with Crippen molar-refractivity contribution in [3.8, 4) is 11.3 Å². The van der Waals surface area contributed by atoms with E-state index in [1.54, 1.807) is 18.3 Å². The molecule has 6 aromatic rings. The van der Waals surface area contributed by atoms with E-state index in [9.17, 15) is 0 Å². The van der Waals surface area contributed by atoms with E-state index in [2.05, 4.69) is 50.4 Å². The first kappa shape index (κ1) is 23.9. The third-order valence-electron chi connectivity index (χ3n) is 6.66. The van der Waals surface area contributed by atoms with E-state index in [1.807, 2.05) is 42.5 Å². The van der Waals surface area contributed by atoms with Crippen LogP contribution >= 0.6 is 0 Å². The number of fused-ring (bicyclic) bond motifs is 2. The van der Waals surface area contributed by atoms with Crippen molar-refractivity contribution in [1.29, 1.82) is 5.41 Å². The fraction of sp³-hybridized carbons (Fsp3) is 0.0667. The Bertz CT molecular complexity index is 1880. The Balaban J connectivity index is 1.38. The van der Waals surface area contributed by atoms with E-state index in [0.717, 1.165) is 38.7 Å². The first-order valence-corrected chi connectivity index (χ1v) is 12.4. The summed E-state index contributed by atoms with van der Waals surface area (Å²) < 4.78 is 0. The van der Waals surface area contributed by atoms with Crippen molar-refractivity contribution in [3.63, 3.8) is 0 Å². The van der Waals surface area contributed by atoms with Gasteiger partial charge in [0.2, 0.25) is 5.95 Å². The van der Waals surface area contributed by atoms with Gasteiger partial charge in [-0.05, 0) is 42.3 Å². The number of hydrogen-bond donors (Lipinski definition) is 4. The zero-order chi connectivity index (χ0) is 26.9. The van der Waals surface area contributed by atoms with Crippen LogP contribution in [0.3, 0.4) is 0 Å². The summed E-state index contributed by atoms with van der Waals surface area (Å²) >= 11 is 0. The first-order chi connectivity index (χ1) is 19.0. The SMILES string of the molecule is Cc1ccccc1-c1nc2ccccc2cc1CNc1ncnc(N)c1C(=N)c1ccc2nc(N)ncc2c1. The van der Waals surface area contributed by atoms with Crippen LogP contribution in [0, 0.1) is 12.3 Å². The highest BCUT2D eigenvalue weighted by Gasteiger charge is 2.18. The Kier molecular flexibility index (Phi) is 6.01. The lowest BCUT2D eigenvalue weighted by Gasteiger charge is -2.16. The number of hydrogen-bond acceptors (Lipinski definition) is 9. The molecule has 0 aliphatic carbocycles. The Hall–Kier alpha value is -5.44. The third kappa shape index (κ3) is 4.57. The van der Waals surface area contributed by atoms with Gasteiger partial charge in [-0.25, -0.2) is 24.9 Å². The molecule has 0 saturated heterocycles. The molecule has 0 aliphatic heterocycles. The lowest BCUT2D eigenvalue weighted by Crippen LogP contribution is -2.14. The molecular weight excluding hydrogens is 486 g/mol. The minimum atomic E-state index is 0.185. The molecule has 9 nitrogen and oxygen atoms in total. The summed E-state index contributed by atoms with van der Waals surface area (Å²) in [7, 11) is 0. The predicted molar refractivity (Wildman–Crippen MR) is 156 cm³/mol. The number of anilines is 3. The Morgan fingerprint density at radius 2 is 1.64 bits per heavy atom. The zero-order valence-electron chi connectivity index (χ0n) is 21.2. The highest BCUT2D eigenvalue weighted by Crippen LogP contribution is 2.30. The number of nitrogen functional groups attached to an aromatic ring is 2. The van der Waals surface area contributed by atoms with Gasteiger partial charge in [-0.15, -0.1) is 0 Å². The normalized spacial score (nSPS) is 11.1. The molecule has 0 saturated carbocycles. The zero-order valence-corrected chi connectivity index (χ0v) is 21.2. The van der Waals surface area contributed by atoms with Crippen molar-refractivity contribution >= 4 is 45.1 Å². The van der Waals surface area contributed by atoms with Crippen molar-refractivity contribution in [2.24, 2.45) is 0 Å². The van der Waals surface area contributed by atoms with Gasteiger partial charge in [-0.2, -0.15) is 0 Å². The van der Waals surface area contributed by atoms with Crippen molar-refractivity contribution < 1.29 is 0 Å². The second kappa shape index (κ2) is 9.79. The van der Waals surface area contributed by atoms with Crippen LogP contribution in [0.2, 0.25) is 0 Å². The summed E-state index contributed by atoms with van der Waals surface area (Å²) in [6.45, 7) is 2.50. The number of aryl methyl sites for hydroxylation is 1. The third-order valence-corrected chi connectivity index (χ3v) is 6.66. The maximum absolute atomic E-state index is 8.99. The number of aromatic nitrogens is 5. The molecule has 190 valence electrons. The number of benzene rings is 3. The highest BCUT2D eigenvalue weighted by atomic mass is 15.0. The second-order valence-electron chi connectivity index (χ2n) is 9.22. The van der Waals surface area contributed by atoms with Gasteiger partial charge in [0.05, 0.1) is 28.0 Å². The molecule has 0 unspecified atom stereocenters. The van der Waals surface area contributed by atoms with E-state index in [4.69, 9.17) is 21.9 Å². The maximum atomic E-state index is 8.99. The Morgan fingerprint density at radius 1 is 0.846 bits per heavy atom. The summed E-state index contributed by atoms with van der Waals surface area (Å²) in [6.07, 6.45) is 3.03. The maximum Gasteiger partial charge on any atom is 0.220 e. The van der Waals surface area contributed by atoms with Gasteiger partial charge in [0, 0.05) is 34.6 Å². The van der Waals surface area contributed by atoms with Crippen LogP contribution in [0.1, 0.15) is 22.3 Å². The summed E-state index contributed by atoms with van der Waals surface area (Å²) in [5.74, 6) is 0.873. The summed E-state index contributed by atoms with van der Waals surface area (Å²) in [4.78, 5) is 21.9. The Morgan fingerprint density at radius 3 is 2.51 bits per heavy atom. The summed E-state index contributed by atoms with van der Waals surface area (Å²) in [5.41, 5.74) is 19.0. The summed E-state index contributed by atoms with van der Waals surface area (Å²) in [5, 5.41) is 14.2. The second-order valence-corrected chi connectivity index (χ2v) is 9.22. The van der Waals surface area contributed by atoms with Crippen molar-refractivity contribution in [2.75, 3.05) is 16.8 Å². The standard InChI is InChI=1S/C30H25N9/c1-17-6-2-4-8-22(17)27-21(12-18-7-3-5-9-23(18)38-27)15-34-29-25(28(32)36-16-37-29)26(31)19-10-11-24-20(13-19)14-35-30(33)39-24/h2-14,16,31H,15H2,1H3,(H2,33,35,39)(H3,32,34,36,37). The molecule has 9 heteroatoms. The molecule has 39 heavy (non-hydrogen) atoms. The average molecular weight is 512 g/mol. The van der Waals surface area contributed by atoms with Crippen molar-refractivity contribution in [2.45, 2.75) is 13.5 Å². The smallest absolute Gasteiger partial charge is 0.220 e. The van der Waals surface area contributed by atoms with Gasteiger partial charge >= 0.3 is 0 Å². The van der Waals surface area contributed by atoms with Gasteiger partial charge < -0.3 is 16.8 Å². The molecule has 0 bridgehead atoms. The van der Waals surface area contributed by atoms with Crippen LogP contribution in [0.15, 0.2) is 85.3 Å². The number of nitrogens with one attached hydrogen (secondary N) is 2. The average Bonchev–Trinajstić information content (AvgIpc) is 2.95. The topological polar surface area (TPSA) is 152 Å². The van der Waals surface area contributed by atoms with Crippen molar-refractivity contribution in [1.82, 2.24) is 24.9 Å². The van der Waals surface area contributed by atoms with E-state index < -0.39 is 0 Å². The largest absolute Gasteiger partial charge is 0.383 e. The van der Waals surface area contributed by atoms with Crippen molar-refractivity contribution in [3.05, 3.63) is 108 Å². The highest BCUT2D eigenvalue weighted by molar-refractivity contribution is 6.17. The fourth-order valence-corrected chi connectivity index (χ4v) is 4.67. The molecule has 0 radical (unpaired) electrons. The number of nitrogens with zero attached hydrogens (tertiary/aromatic N) is 5. The van der Waals surface area contributed by atoms with Gasteiger partial charge in [0.1, 0.15) is 18.0 Å². The van der Waals surface area contributed by atoms with Crippen LogP contribution in [-0.4, -0.2) is 30.6 Å². The monoisotopic (exact) mass is 511 g/mol. The van der Waals surface area contributed by atoms with Gasteiger partial charge in [0.15, 0.2) is 0 Å². The fourth-order valence-electron chi connectivity index (χ4n) is 4.67. The molecule has 0 amide bonds. The van der Waals surface area contributed by atoms with E-state index in [0.29, 0.717) is 29.0 Å². The lowest BCUT2D eigenvalue weighted by atomic mass is 9.99. The number of rotatable bonds is 6. The van der Waals surface area contributed by atoms with Gasteiger partial charge in [-0.3, -0.25) is 5.41 Å². The van der Waals surface area contributed by atoms with E-state index in [-0.39, 0.29) is 17.5 Å². The van der Waals surface area contributed by atoms with E-state index in [1.165, 1.54) is 6.33 Å². The minimum absolute atomic E-state index is 0.185. The molecule has 0 atom stereocenters. The molecule has 0 spiro atoms.